The predicted octanol–water partition coefficient (Wildman–Crippen LogP) is 2.45. The zero-order valence-electron chi connectivity index (χ0n) is 13.6. The van der Waals surface area contributed by atoms with Gasteiger partial charge in [-0.3, -0.25) is 4.79 Å². The van der Waals surface area contributed by atoms with E-state index >= 15 is 0 Å². The highest BCUT2D eigenvalue weighted by Crippen LogP contribution is 2.38. The van der Waals surface area contributed by atoms with Gasteiger partial charge < -0.3 is 24.6 Å². The number of rotatable bonds is 10. The van der Waals surface area contributed by atoms with E-state index in [0.717, 1.165) is 18.4 Å². The SMILES string of the molecule is CCCC[C@H](NCc1cc(OC)c(OC)c(OC)c1)C(=O)O. The van der Waals surface area contributed by atoms with Crippen LogP contribution in [-0.2, 0) is 11.3 Å². The van der Waals surface area contributed by atoms with Gasteiger partial charge in [0.25, 0.3) is 0 Å². The minimum Gasteiger partial charge on any atom is -0.493 e. The molecular weight excluding hydrogens is 286 g/mol. The normalized spacial score (nSPS) is 11.8. The Hall–Kier alpha value is -1.95. The largest absolute Gasteiger partial charge is 0.493 e. The lowest BCUT2D eigenvalue weighted by Gasteiger charge is -2.17. The second-order valence-corrected chi connectivity index (χ2v) is 4.95. The van der Waals surface area contributed by atoms with Crippen molar-refractivity contribution in [2.45, 2.75) is 38.8 Å². The fourth-order valence-corrected chi connectivity index (χ4v) is 2.20. The Balaban J connectivity index is 2.86. The third-order valence-electron chi connectivity index (χ3n) is 3.42. The zero-order chi connectivity index (χ0) is 16.5. The Bertz CT molecular complexity index is 464. The van der Waals surface area contributed by atoms with Gasteiger partial charge >= 0.3 is 5.97 Å². The molecule has 0 aromatic heterocycles. The van der Waals surface area contributed by atoms with Crippen LogP contribution in [0.3, 0.4) is 0 Å². The molecular formula is C16H25NO5. The topological polar surface area (TPSA) is 77.0 Å². The molecule has 0 aliphatic heterocycles. The van der Waals surface area contributed by atoms with Crippen molar-refractivity contribution in [3.63, 3.8) is 0 Å². The van der Waals surface area contributed by atoms with E-state index < -0.39 is 12.0 Å². The maximum Gasteiger partial charge on any atom is 0.320 e. The van der Waals surface area contributed by atoms with E-state index in [1.165, 1.54) is 0 Å². The summed E-state index contributed by atoms with van der Waals surface area (Å²) in [5, 5.41) is 12.3. The highest BCUT2D eigenvalue weighted by atomic mass is 16.5. The van der Waals surface area contributed by atoms with Crippen LogP contribution in [0.4, 0.5) is 0 Å². The summed E-state index contributed by atoms with van der Waals surface area (Å²) in [6, 6.07) is 3.07. The van der Waals surface area contributed by atoms with Crippen molar-refractivity contribution in [2.24, 2.45) is 0 Å². The lowest BCUT2D eigenvalue weighted by Crippen LogP contribution is -2.36. The molecule has 0 saturated heterocycles. The Morgan fingerprint density at radius 1 is 1.18 bits per heavy atom. The van der Waals surface area contributed by atoms with Gasteiger partial charge in [-0.2, -0.15) is 0 Å². The van der Waals surface area contributed by atoms with Gasteiger partial charge in [0.1, 0.15) is 6.04 Å². The Labute approximate surface area is 131 Å². The third kappa shape index (κ3) is 4.80. The maximum absolute atomic E-state index is 11.2. The van der Waals surface area contributed by atoms with Gasteiger partial charge in [0.2, 0.25) is 5.75 Å². The third-order valence-corrected chi connectivity index (χ3v) is 3.42. The van der Waals surface area contributed by atoms with Gasteiger partial charge in [-0.05, 0) is 24.1 Å². The van der Waals surface area contributed by atoms with E-state index in [1.807, 2.05) is 19.1 Å². The number of benzene rings is 1. The molecule has 0 saturated carbocycles. The average Bonchev–Trinajstić information content (AvgIpc) is 2.53. The lowest BCUT2D eigenvalue weighted by molar-refractivity contribution is -0.139. The number of aliphatic carboxylic acids is 1. The summed E-state index contributed by atoms with van der Waals surface area (Å²) in [5.74, 6) is 0.800. The summed E-state index contributed by atoms with van der Waals surface area (Å²) < 4.78 is 15.8. The maximum atomic E-state index is 11.2. The standard InChI is InChI=1S/C16H25NO5/c1-5-6-7-12(16(18)19)17-10-11-8-13(20-2)15(22-4)14(9-11)21-3/h8-9,12,17H,5-7,10H2,1-4H3,(H,18,19)/t12-/m0/s1. The van der Waals surface area contributed by atoms with Crippen molar-refractivity contribution >= 4 is 5.97 Å². The second kappa shape index (κ2) is 9.15. The number of methoxy groups -OCH3 is 3. The Kier molecular flexibility index (Phi) is 7.52. The molecule has 0 aliphatic rings. The Morgan fingerprint density at radius 2 is 1.77 bits per heavy atom. The molecule has 1 rings (SSSR count). The van der Waals surface area contributed by atoms with Crippen LogP contribution in [0.25, 0.3) is 0 Å². The van der Waals surface area contributed by atoms with E-state index in [9.17, 15) is 9.90 Å². The summed E-state index contributed by atoms with van der Waals surface area (Å²) >= 11 is 0. The molecule has 0 aliphatic carbocycles. The molecule has 0 amide bonds. The van der Waals surface area contributed by atoms with Crippen molar-refractivity contribution in [3.8, 4) is 17.2 Å². The first-order valence-electron chi connectivity index (χ1n) is 7.32. The molecule has 6 nitrogen and oxygen atoms in total. The fourth-order valence-electron chi connectivity index (χ4n) is 2.20. The van der Waals surface area contributed by atoms with Crippen LogP contribution in [0.1, 0.15) is 31.7 Å². The minimum absolute atomic E-state index is 0.414. The van der Waals surface area contributed by atoms with Crippen LogP contribution in [0.5, 0.6) is 17.2 Å². The highest BCUT2D eigenvalue weighted by Gasteiger charge is 2.17. The first-order chi connectivity index (χ1) is 10.6. The van der Waals surface area contributed by atoms with E-state index in [1.54, 1.807) is 21.3 Å². The van der Waals surface area contributed by atoms with Crippen molar-refractivity contribution < 1.29 is 24.1 Å². The van der Waals surface area contributed by atoms with Crippen LogP contribution >= 0.6 is 0 Å². The molecule has 0 spiro atoms. The molecule has 1 atom stereocenters. The van der Waals surface area contributed by atoms with Crippen molar-refractivity contribution in [2.75, 3.05) is 21.3 Å². The summed E-state index contributed by atoms with van der Waals surface area (Å²) in [4.78, 5) is 11.2. The van der Waals surface area contributed by atoms with E-state index in [-0.39, 0.29) is 0 Å². The van der Waals surface area contributed by atoms with Crippen LogP contribution in [-0.4, -0.2) is 38.4 Å². The van der Waals surface area contributed by atoms with Gasteiger partial charge in [-0.1, -0.05) is 19.8 Å². The number of ether oxygens (including phenoxy) is 3. The molecule has 0 radical (unpaired) electrons. The quantitative estimate of drug-likeness (QED) is 0.691. The fraction of sp³-hybridized carbons (Fsp3) is 0.562. The molecule has 1 aromatic rings. The van der Waals surface area contributed by atoms with E-state index in [2.05, 4.69) is 5.32 Å². The molecule has 1 aromatic carbocycles. The molecule has 0 fully saturated rings. The highest BCUT2D eigenvalue weighted by molar-refractivity contribution is 5.73. The summed E-state index contributed by atoms with van der Waals surface area (Å²) in [7, 11) is 4.65. The first-order valence-corrected chi connectivity index (χ1v) is 7.32. The molecule has 22 heavy (non-hydrogen) atoms. The number of carboxylic acid groups (broad SMARTS) is 1. The molecule has 124 valence electrons. The van der Waals surface area contributed by atoms with Gasteiger partial charge in [0.15, 0.2) is 11.5 Å². The number of nitrogens with one attached hydrogen (secondary N) is 1. The van der Waals surface area contributed by atoms with Crippen LogP contribution < -0.4 is 19.5 Å². The number of carboxylic acids is 1. The minimum atomic E-state index is -0.833. The van der Waals surface area contributed by atoms with Gasteiger partial charge in [0.05, 0.1) is 21.3 Å². The molecule has 0 bridgehead atoms. The lowest BCUT2D eigenvalue weighted by atomic mass is 10.1. The zero-order valence-corrected chi connectivity index (χ0v) is 13.6. The molecule has 0 unspecified atom stereocenters. The van der Waals surface area contributed by atoms with Crippen LogP contribution in [0, 0.1) is 0 Å². The van der Waals surface area contributed by atoms with Gasteiger partial charge in [0, 0.05) is 6.54 Å². The van der Waals surface area contributed by atoms with Crippen LogP contribution in [0.15, 0.2) is 12.1 Å². The second-order valence-electron chi connectivity index (χ2n) is 4.95. The number of hydrogen-bond acceptors (Lipinski definition) is 5. The first kappa shape index (κ1) is 18.1. The van der Waals surface area contributed by atoms with Gasteiger partial charge in [-0.25, -0.2) is 0 Å². The summed E-state index contributed by atoms with van der Waals surface area (Å²) in [5.41, 5.74) is 0.872. The van der Waals surface area contributed by atoms with Crippen LogP contribution in [0.2, 0.25) is 0 Å². The average molecular weight is 311 g/mol. The summed E-state index contributed by atoms with van der Waals surface area (Å²) in [6.07, 6.45) is 2.45. The van der Waals surface area contributed by atoms with Crippen molar-refractivity contribution in [3.05, 3.63) is 17.7 Å². The van der Waals surface area contributed by atoms with E-state index in [0.29, 0.717) is 30.2 Å². The molecule has 0 heterocycles. The summed E-state index contributed by atoms with van der Waals surface area (Å²) in [6.45, 7) is 2.45. The van der Waals surface area contributed by atoms with Crippen molar-refractivity contribution in [1.29, 1.82) is 0 Å². The smallest absolute Gasteiger partial charge is 0.320 e. The predicted molar refractivity (Wildman–Crippen MR) is 83.9 cm³/mol. The number of unbranched alkanes of at least 4 members (excludes halogenated alkanes) is 1. The molecule has 6 heteroatoms. The van der Waals surface area contributed by atoms with E-state index in [4.69, 9.17) is 14.2 Å². The van der Waals surface area contributed by atoms with Crippen molar-refractivity contribution in [1.82, 2.24) is 5.32 Å². The number of hydrogen-bond donors (Lipinski definition) is 2. The monoisotopic (exact) mass is 311 g/mol. The number of carbonyl (C=O) groups is 1. The molecule has 2 N–H and O–H groups in total. The Morgan fingerprint density at radius 3 is 2.18 bits per heavy atom. The van der Waals surface area contributed by atoms with Gasteiger partial charge in [-0.15, -0.1) is 0 Å².